The summed E-state index contributed by atoms with van der Waals surface area (Å²) in [7, 11) is -3.44. The van der Waals surface area contributed by atoms with Gasteiger partial charge in [-0.3, -0.25) is 4.79 Å². The summed E-state index contributed by atoms with van der Waals surface area (Å²) >= 11 is 5.74. The Morgan fingerprint density at radius 2 is 1.48 bits per heavy atom. The molecule has 0 radical (unpaired) electrons. The minimum absolute atomic E-state index is 0.0792. The standard InChI is InChI=1S/C15H13ClO4S/c16-13-5-7-14(8-6-13)21(19,20)10-12-3-1-11(2-4-12)9-15(17)18/h1-8H,9-10H2,(H,17,18). The van der Waals surface area contributed by atoms with Crippen molar-refractivity contribution in [3.63, 3.8) is 0 Å². The highest BCUT2D eigenvalue weighted by Gasteiger charge is 2.15. The van der Waals surface area contributed by atoms with Crippen LogP contribution in [-0.2, 0) is 26.8 Å². The van der Waals surface area contributed by atoms with Crippen LogP contribution in [0, 0.1) is 0 Å². The third-order valence-electron chi connectivity index (χ3n) is 2.91. The van der Waals surface area contributed by atoms with E-state index in [1.54, 1.807) is 24.3 Å². The van der Waals surface area contributed by atoms with Crippen LogP contribution in [0.25, 0.3) is 0 Å². The number of carboxylic acids is 1. The minimum atomic E-state index is -3.44. The summed E-state index contributed by atoms with van der Waals surface area (Å²) in [5.41, 5.74) is 1.24. The number of hydrogen-bond donors (Lipinski definition) is 1. The molecular weight excluding hydrogens is 312 g/mol. The van der Waals surface area contributed by atoms with Crippen molar-refractivity contribution < 1.29 is 18.3 Å². The predicted molar refractivity (Wildman–Crippen MR) is 80.1 cm³/mol. The number of benzene rings is 2. The molecule has 0 unspecified atom stereocenters. The Balaban J connectivity index is 2.16. The van der Waals surface area contributed by atoms with E-state index in [1.807, 2.05) is 0 Å². The monoisotopic (exact) mass is 324 g/mol. The quantitative estimate of drug-likeness (QED) is 0.918. The summed E-state index contributed by atoms with van der Waals surface area (Å²) in [6, 6.07) is 12.5. The zero-order valence-corrected chi connectivity index (χ0v) is 12.6. The van der Waals surface area contributed by atoms with Crippen LogP contribution in [0.2, 0.25) is 5.02 Å². The Bertz CT molecular complexity index is 734. The van der Waals surface area contributed by atoms with Gasteiger partial charge in [-0.25, -0.2) is 8.42 Å². The number of carboxylic acid groups (broad SMARTS) is 1. The van der Waals surface area contributed by atoms with Crippen molar-refractivity contribution in [2.45, 2.75) is 17.1 Å². The fraction of sp³-hybridized carbons (Fsp3) is 0.133. The summed E-state index contributed by atoms with van der Waals surface area (Å²) in [4.78, 5) is 10.8. The number of aliphatic carboxylic acids is 1. The minimum Gasteiger partial charge on any atom is -0.481 e. The highest BCUT2D eigenvalue weighted by Crippen LogP contribution is 2.19. The zero-order chi connectivity index (χ0) is 15.5. The van der Waals surface area contributed by atoms with Crippen LogP contribution in [0.3, 0.4) is 0 Å². The Morgan fingerprint density at radius 1 is 0.952 bits per heavy atom. The van der Waals surface area contributed by atoms with Crippen LogP contribution in [0.1, 0.15) is 11.1 Å². The maximum absolute atomic E-state index is 12.2. The molecule has 2 rings (SSSR count). The smallest absolute Gasteiger partial charge is 0.307 e. The lowest BCUT2D eigenvalue weighted by molar-refractivity contribution is -0.136. The molecule has 110 valence electrons. The van der Waals surface area contributed by atoms with E-state index in [9.17, 15) is 13.2 Å². The van der Waals surface area contributed by atoms with E-state index in [4.69, 9.17) is 16.7 Å². The Hall–Kier alpha value is -1.85. The molecule has 0 bridgehead atoms. The molecule has 21 heavy (non-hydrogen) atoms. The van der Waals surface area contributed by atoms with E-state index < -0.39 is 15.8 Å². The first-order chi connectivity index (χ1) is 9.87. The molecular formula is C15H13ClO4S. The lowest BCUT2D eigenvalue weighted by Crippen LogP contribution is -2.05. The van der Waals surface area contributed by atoms with Gasteiger partial charge in [0.25, 0.3) is 0 Å². The van der Waals surface area contributed by atoms with Crippen molar-refractivity contribution in [3.05, 3.63) is 64.7 Å². The lowest BCUT2D eigenvalue weighted by atomic mass is 10.1. The van der Waals surface area contributed by atoms with Gasteiger partial charge in [0.2, 0.25) is 0 Å². The van der Waals surface area contributed by atoms with Gasteiger partial charge in [0.05, 0.1) is 17.1 Å². The Morgan fingerprint density at radius 3 is 2.00 bits per heavy atom. The average Bonchev–Trinajstić information content (AvgIpc) is 2.40. The summed E-state index contributed by atoms with van der Waals surface area (Å²) < 4.78 is 24.5. The molecule has 0 saturated heterocycles. The van der Waals surface area contributed by atoms with E-state index in [1.165, 1.54) is 24.3 Å². The van der Waals surface area contributed by atoms with Crippen LogP contribution in [0.5, 0.6) is 0 Å². The summed E-state index contributed by atoms with van der Waals surface area (Å²) in [5, 5.41) is 9.17. The molecule has 0 fully saturated rings. The van der Waals surface area contributed by atoms with Crippen LogP contribution < -0.4 is 0 Å². The van der Waals surface area contributed by atoms with E-state index >= 15 is 0 Å². The predicted octanol–water partition coefficient (Wildman–Crippen LogP) is 2.94. The second-order valence-corrected chi connectivity index (χ2v) is 7.03. The van der Waals surface area contributed by atoms with Crippen molar-refractivity contribution in [1.29, 1.82) is 0 Å². The number of rotatable bonds is 5. The van der Waals surface area contributed by atoms with E-state index in [0.29, 0.717) is 16.1 Å². The summed E-state index contributed by atoms with van der Waals surface area (Å²) in [5.74, 6) is -1.06. The molecule has 0 aliphatic heterocycles. The highest BCUT2D eigenvalue weighted by molar-refractivity contribution is 7.90. The molecule has 0 heterocycles. The van der Waals surface area contributed by atoms with Crippen molar-refractivity contribution >= 4 is 27.4 Å². The highest BCUT2D eigenvalue weighted by atomic mass is 35.5. The number of hydrogen-bond acceptors (Lipinski definition) is 3. The SMILES string of the molecule is O=C(O)Cc1ccc(CS(=O)(=O)c2ccc(Cl)cc2)cc1. The topological polar surface area (TPSA) is 71.4 Å². The van der Waals surface area contributed by atoms with Crippen LogP contribution in [-0.4, -0.2) is 19.5 Å². The molecule has 0 aliphatic carbocycles. The van der Waals surface area contributed by atoms with Gasteiger partial charge >= 0.3 is 5.97 Å². The fourth-order valence-corrected chi connectivity index (χ4v) is 3.35. The first-order valence-corrected chi connectivity index (χ1v) is 8.18. The molecule has 1 N–H and O–H groups in total. The molecule has 0 amide bonds. The third kappa shape index (κ3) is 4.31. The van der Waals surface area contributed by atoms with E-state index in [2.05, 4.69) is 0 Å². The second-order valence-electron chi connectivity index (χ2n) is 4.60. The first kappa shape index (κ1) is 15.5. The molecule has 2 aromatic rings. The van der Waals surface area contributed by atoms with Crippen molar-refractivity contribution in [2.75, 3.05) is 0 Å². The van der Waals surface area contributed by atoms with Gasteiger partial charge in [-0.05, 0) is 35.4 Å². The van der Waals surface area contributed by atoms with Crippen LogP contribution in [0.4, 0.5) is 0 Å². The van der Waals surface area contributed by atoms with Gasteiger partial charge in [-0.1, -0.05) is 35.9 Å². The lowest BCUT2D eigenvalue weighted by Gasteiger charge is -2.06. The van der Waals surface area contributed by atoms with Gasteiger partial charge in [0, 0.05) is 5.02 Å². The molecule has 0 aromatic heterocycles. The average molecular weight is 325 g/mol. The van der Waals surface area contributed by atoms with Gasteiger partial charge in [0.15, 0.2) is 9.84 Å². The maximum atomic E-state index is 12.2. The number of sulfone groups is 1. The molecule has 6 heteroatoms. The van der Waals surface area contributed by atoms with Crippen LogP contribution in [0.15, 0.2) is 53.4 Å². The molecule has 0 saturated carbocycles. The molecule has 4 nitrogen and oxygen atoms in total. The normalized spacial score (nSPS) is 11.3. The Kier molecular flexibility index (Phi) is 4.65. The van der Waals surface area contributed by atoms with Crippen molar-refractivity contribution in [2.24, 2.45) is 0 Å². The molecule has 2 aromatic carbocycles. The summed E-state index contributed by atoms with van der Waals surface area (Å²) in [6.07, 6.45) is -0.0792. The number of halogens is 1. The summed E-state index contributed by atoms with van der Waals surface area (Å²) in [6.45, 7) is 0. The van der Waals surface area contributed by atoms with E-state index in [0.717, 1.165) is 0 Å². The third-order valence-corrected chi connectivity index (χ3v) is 4.86. The number of carbonyl (C=O) groups is 1. The van der Waals surface area contributed by atoms with Crippen molar-refractivity contribution in [1.82, 2.24) is 0 Å². The maximum Gasteiger partial charge on any atom is 0.307 e. The molecule has 0 atom stereocenters. The zero-order valence-electron chi connectivity index (χ0n) is 11.0. The molecule has 0 aliphatic rings. The van der Waals surface area contributed by atoms with Gasteiger partial charge in [-0.2, -0.15) is 0 Å². The first-order valence-electron chi connectivity index (χ1n) is 6.15. The van der Waals surface area contributed by atoms with Crippen molar-refractivity contribution in [3.8, 4) is 0 Å². The fourth-order valence-electron chi connectivity index (χ4n) is 1.87. The van der Waals surface area contributed by atoms with Crippen LogP contribution >= 0.6 is 11.6 Å². The van der Waals surface area contributed by atoms with Gasteiger partial charge in [-0.15, -0.1) is 0 Å². The van der Waals surface area contributed by atoms with Gasteiger partial charge < -0.3 is 5.11 Å². The largest absolute Gasteiger partial charge is 0.481 e. The van der Waals surface area contributed by atoms with Gasteiger partial charge in [0.1, 0.15) is 0 Å². The Labute approximate surface area is 127 Å². The molecule has 0 spiro atoms. The second kappa shape index (κ2) is 6.28. The van der Waals surface area contributed by atoms with E-state index in [-0.39, 0.29) is 17.1 Å².